The molecule has 1 heterocycles. The number of aromatic carboxylic acids is 1. The third-order valence-corrected chi connectivity index (χ3v) is 4.76. The minimum Gasteiger partial charge on any atom is -0.478 e. The average molecular weight is 413 g/mol. The molecule has 4 rings (SSSR count). The number of carboxylic acid groups (broad SMARTS) is 1. The molecule has 0 unspecified atom stereocenters. The van der Waals surface area contributed by atoms with E-state index in [0.717, 1.165) is 11.5 Å². The average Bonchev–Trinajstić information content (AvgIpc) is 2.79. The summed E-state index contributed by atoms with van der Waals surface area (Å²) in [6.45, 7) is 0. The fraction of sp³-hybridized carbons (Fsp3) is 0. The second-order valence-electron chi connectivity index (χ2n) is 6.67. The first-order valence-electron chi connectivity index (χ1n) is 9.22. The SMILES string of the molecule is O=C(O)c1ccccc1C(=O)c1ccc(Nc2cccc3cccnc23)c([N+](=O)[O-])c1. The summed E-state index contributed by atoms with van der Waals surface area (Å²) in [5.41, 5.74) is 0.911. The van der Waals surface area contributed by atoms with Crippen molar-refractivity contribution in [3.05, 3.63) is 106 Å². The number of aromatic nitrogens is 1. The highest BCUT2D eigenvalue weighted by molar-refractivity contribution is 6.14. The number of benzene rings is 3. The number of rotatable bonds is 6. The first-order chi connectivity index (χ1) is 15.0. The Bertz CT molecular complexity index is 1340. The van der Waals surface area contributed by atoms with Gasteiger partial charge in [-0.2, -0.15) is 0 Å². The molecule has 0 saturated heterocycles. The van der Waals surface area contributed by atoms with E-state index in [2.05, 4.69) is 10.3 Å². The van der Waals surface area contributed by atoms with Gasteiger partial charge in [0.15, 0.2) is 5.78 Å². The second kappa shape index (κ2) is 8.03. The van der Waals surface area contributed by atoms with Crippen molar-refractivity contribution in [2.45, 2.75) is 0 Å². The van der Waals surface area contributed by atoms with E-state index < -0.39 is 16.7 Å². The van der Waals surface area contributed by atoms with Crippen molar-refractivity contribution in [3.63, 3.8) is 0 Å². The number of anilines is 2. The highest BCUT2D eigenvalue weighted by atomic mass is 16.6. The van der Waals surface area contributed by atoms with E-state index in [1.165, 1.54) is 36.4 Å². The maximum Gasteiger partial charge on any atom is 0.336 e. The molecule has 8 nitrogen and oxygen atoms in total. The number of ketones is 1. The van der Waals surface area contributed by atoms with Gasteiger partial charge in [-0.25, -0.2) is 4.79 Å². The maximum atomic E-state index is 12.9. The molecule has 0 atom stereocenters. The molecular formula is C23H15N3O5. The van der Waals surface area contributed by atoms with Gasteiger partial charge in [0.25, 0.3) is 5.69 Å². The van der Waals surface area contributed by atoms with Crippen molar-refractivity contribution in [1.82, 2.24) is 4.98 Å². The zero-order valence-corrected chi connectivity index (χ0v) is 16.0. The topological polar surface area (TPSA) is 122 Å². The van der Waals surface area contributed by atoms with Gasteiger partial charge in [-0.15, -0.1) is 0 Å². The summed E-state index contributed by atoms with van der Waals surface area (Å²) in [5, 5.41) is 24.9. The van der Waals surface area contributed by atoms with E-state index in [4.69, 9.17) is 0 Å². The molecule has 0 aliphatic rings. The highest BCUT2D eigenvalue weighted by Gasteiger charge is 2.22. The number of nitrogens with zero attached hydrogens (tertiary/aromatic N) is 2. The van der Waals surface area contributed by atoms with Crippen LogP contribution >= 0.6 is 0 Å². The molecule has 1 aromatic heterocycles. The molecule has 0 aliphatic carbocycles. The summed E-state index contributed by atoms with van der Waals surface area (Å²) < 4.78 is 0. The summed E-state index contributed by atoms with van der Waals surface area (Å²) in [6.07, 6.45) is 1.63. The van der Waals surface area contributed by atoms with E-state index >= 15 is 0 Å². The third kappa shape index (κ3) is 3.82. The van der Waals surface area contributed by atoms with Gasteiger partial charge in [0.1, 0.15) is 5.69 Å². The number of carbonyl (C=O) groups excluding carboxylic acids is 1. The number of nitro benzene ring substituents is 1. The minimum absolute atomic E-state index is 0.0157. The monoisotopic (exact) mass is 413 g/mol. The lowest BCUT2D eigenvalue weighted by Gasteiger charge is -2.11. The molecule has 152 valence electrons. The summed E-state index contributed by atoms with van der Waals surface area (Å²) >= 11 is 0. The van der Waals surface area contributed by atoms with Crippen molar-refractivity contribution in [2.75, 3.05) is 5.32 Å². The Hall–Kier alpha value is -4.59. The van der Waals surface area contributed by atoms with Gasteiger partial charge >= 0.3 is 5.97 Å². The molecule has 8 heteroatoms. The van der Waals surface area contributed by atoms with E-state index in [1.807, 2.05) is 12.1 Å². The van der Waals surface area contributed by atoms with Crippen LogP contribution in [0.5, 0.6) is 0 Å². The number of carbonyl (C=O) groups is 2. The number of para-hydroxylation sites is 1. The van der Waals surface area contributed by atoms with E-state index in [0.29, 0.717) is 11.2 Å². The summed E-state index contributed by atoms with van der Waals surface area (Å²) in [6, 6.07) is 18.8. The lowest BCUT2D eigenvalue weighted by Crippen LogP contribution is -2.10. The standard InChI is InChI=1S/C23H15N3O5/c27-22(16-7-1-2-8-17(16)23(28)29)15-10-11-18(20(13-15)26(30)31)25-19-9-3-5-14-6-4-12-24-21(14)19/h1-13,25H,(H,28,29). The van der Waals surface area contributed by atoms with Crippen LogP contribution in [-0.4, -0.2) is 26.8 Å². The van der Waals surface area contributed by atoms with Crippen LogP contribution < -0.4 is 5.32 Å². The Kier molecular flexibility index (Phi) is 5.11. The predicted molar refractivity (Wildman–Crippen MR) is 115 cm³/mol. The Morgan fingerprint density at radius 3 is 2.39 bits per heavy atom. The smallest absolute Gasteiger partial charge is 0.336 e. The normalized spacial score (nSPS) is 10.6. The van der Waals surface area contributed by atoms with Crippen molar-refractivity contribution < 1.29 is 19.6 Å². The van der Waals surface area contributed by atoms with E-state index in [-0.39, 0.29) is 28.1 Å². The number of fused-ring (bicyclic) bond motifs is 1. The van der Waals surface area contributed by atoms with Crippen molar-refractivity contribution in [2.24, 2.45) is 0 Å². The van der Waals surface area contributed by atoms with Gasteiger partial charge in [-0.05, 0) is 30.3 Å². The lowest BCUT2D eigenvalue weighted by atomic mass is 9.97. The quantitative estimate of drug-likeness (QED) is 0.264. The molecule has 2 N–H and O–H groups in total. The number of carboxylic acids is 1. The molecular weight excluding hydrogens is 398 g/mol. The van der Waals surface area contributed by atoms with E-state index in [9.17, 15) is 24.8 Å². The molecule has 0 spiro atoms. The third-order valence-electron chi connectivity index (χ3n) is 4.76. The van der Waals surface area contributed by atoms with Gasteiger partial charge in [-0.3, -0.25) is 19.9 Å². The lowest BCUT2D eigenvalue weighted by molar-refractivity contribution is -0.383. The van der Waals surface area contributed by atoms with Crippen LogP contribution in [0.1, 0.15) is 26.3 Å². The molecule has 4 aromatic rings. The van der Waals surface area contributed by atoms with Crippen LogP contribution in [-0.2, 0) is 0 Å². The fourth-order valence-electron chi connectivity index (χ4n) is 3.30. The molecule has 3 aromatic carbocycles. The van der Waals surface area contributed by atoms with Crippen LogP contribution in [0.15, 0.2) is 79.0 Å². The Morgan fingerprint density at radius 2 is 1.65 bits per heavy atom. The van der Waals surface area contributed by atoms with Crippen LogP contribution in [0.3, 0.4) is 0 Å². The molecule has 0 amide bonds. The van der Waals surface area contributed by atoms with Crippen LogP contribution in [0.4, 0.5) is 17.1 Å². The first kappa shape index (κ1) is 19.7. The first-order valence-corrected chi connectivity index (χ1v) is 9.22. The number of nitrogens with one attached hydrogen (secondary N) is 1. The maximum absolute atomic E-state index is 12.9. The molecule has 0 bridgehead atoms. The second-order valence-corrected chi connectivity index (χ2v) is 6.67. The van der Waals surface area contributed by atoms with E-state index in [1.54, 1.807) is 24.4 Å². The summed E-state index contributed by atoms with van der Waals surface area (Å²) in [7, 11) is 0. The number of hydrogen-bond acceptors (Lipinski definition) is 6. The molecule has 0 fully saturated rings. The minimum atomic E-state index is -1.25. The number of pyridine rings is 1. The summed E-state index contributed by atoms with van der Waals surface area (Å²) in [5.74, 6) is -1.86. The van der Waals surface area contributed by atoms with Crippen molar-refractivity contribution in [1.29, 1.82) is 0 Å². The molecule has 0 aliphatic heterocycles. The van der Waals surface area contributed by atoms with Crippen LogP contribution in [0.25, 0.3) is 10.9 Å². The summed E-state index contributed by atoms with van der Waals surface area (Å²) in [4.78, 5) is 39.7. The van der Waals surface area contributed by atoms with Crippen LogP contribution in [0.2, 0.25) is 0 Å². The predicted octanol–water partition coefficient (Wildman–Crippen LogP) is 4.82. The van der Waals surface area contributed by atoms with Gasteiger partial charge < -0.3 is 10.4 Å². The molecule has 0 saturated carbocycles. The number of hydrogen-bond donors (Lipinski definition) is 2. The fourth-order valence-corrected chi connectivity index (χ4v) is 3.30. The Balaban J connectivity index is 1.75. The van der Waals surface area contributed by atoms with Gasteiger partial charge in [0.2, 0.25) is 0 Å². The molecule has 31 heavy (non-hydrogen) atoms. The zero-order valence-electron chi connectivity index (χ0n) is 16.0. The largest absolute Gasteiger partial charge is 0.478 e. The van der Waals surface area contributed by atoms with Gasteiger partial charge in [-0.1, -0.05) is 36.4 Å². The number of nitro groups is 1. The zero-order chi connectivity index (χ0) is 22.0. The Labute approximate surface area is 175 Å². The highest BCUT2D eigenvalue weighted by Crippen LogP contribution is 2.32. The van der Waals surface area contributed by atoms with Gasteiger partial charge in [0.05, 0.1) is 21.7 Å². The van der Waals surface area contributed by atoms with Crippen molar-refractivity contribution >= 4 is 39.7 Å². The Morgan fingerprint density at radius 1 is 0.903 bits per heavy atom. The van der Waals surface area contributed by atoms with Crippen molar-refractivity contribution in [3.8, 4) is 0 Å². The van der Waals surface area contributed by atoms with Gasteiger partial charge in [0, 0.05) is 28.8 Å². The van der Waals surface area contributed by atoms with Crippen LogP contribution in [0, 0.1) is 10.1 Å². The molecule has 0 radical (unpaired) electrons.